The van der Waals surface area contributed by atoms with E-state index >= 15 is 0 Å². The number of morpholine rings is 1. The second-order valence-corrected chi connectivity index (χ2v) is 5.61. The lowest BCUT2D eigenvalue weighted by Crippen LogP contribution is -2.33. The molecule has 0 aromatic rings. The molecule has 1 aliphatic heterocycles. The van der Waals surface area contributed by atoms with Gasteiger partial charge in [-0.1, -0.05) is 13.8 Å². The summed E-state index contributed by atoms with van der Waals surface area (Å²) in [5, 5.41) is 16.0. The van der Waals surface area contributed by atoms with Gasteiger partial charge in [-0.15, -0.1) is 0 Å². The van der Waals surface area contributed by atoms with E-state index < -0.39 is 0 Å². The molecule has 1 fully saturated rings. The lowest BCUT2D eigenvalue weighted by Gasteiger charge is -2.29. The third-order valence-corrected chi connectivity index (χ3v) is 3.23. The zero-order valence-electron chi connectivity index (χ0n) is 11.0. The SMILES string of the molecule is CC1(C)CC(=O)C(/C=N/N2CCOCC2)=C(O)C1. The van der Waals surface area contributed by atoms with Crippen molar-refractivity contribution < 1.29 is 14.6 Å². The number of allylic oxidation sites excluding steroid dienone is 2. The van der Waals surface area contributed by atoms with Crippen LogP contribution >= 0.6 is 0 Å². The summed E-state index contributed by atoms with van der Waals surface area (Å²) in [6.07, 6.45) is 2.49. The Morgan fingerprint density at radius 1 is 1.33 bits per heavy atom. The normalized spacial score (nSPS) is 25.0. The van der Waals surface area contributed by atoms with Crippen molar-refractivity contribution >= 4 is 12.0 Å². The Kier molecular flexibility index (Phi) is 3.71. The highest BCUT2D eigenvalue weighted by atomic mass is 16.5. The molecule has 18 heavy (non-hydrogen) atoms. The van der Waals surface area contributed by atoms with Gasteiger partial charge < -0.3 is 9.84 Å². The molecule has 0 radical (unpaired) electrons. The van der Waals surface area contributed by atoms with Crippen molar-refractivity contribution in [1.29, 1.82) is 0 Å². The lowest BCUT2D eigenvalue weighted by atomic mass is 9.77. The highest BCUT2D eigenvalue weighted by Crippen LogP contribution is 2.35. The molecule has 0 amide bonds. The van der Waals surface area contributed by atoms with Crippen LogP contribution in [0.15, 0.2) is 16.4 Å². The summed E-state index contributed by atoms with van der Waals surface area (Å²) in [7, 11) is 0. The van der Waals surface area contributed by atoms with Crippen LogP contribution in [0, 0.1) is 5.41 Å². The Balaban J connectivity index is 2.07. The number of nitrogens with zero attached hydrogens (tertiary/aromatic N) is 2. The highest BCUT2D eigenvalue weighted by Gasteiger charge is 2.32. The topological polar surface area (TPSA) is 62.1 Å². The van der Waals surface area contributed by atoms with Crippen LogP contribution in [-0.4, -0.2) is 48.4 Å². The van der Waals surface area contributed by atoms with E-state index in [1.54, 1.807) is 0 Å². The van der Waals surface area contributed by atoms with Gasteiger partial charge in [0.25, 0.3) is 0 Å². The molecule has 1 aliphatic carbocycles. The quantitative estimate of drug-likeness (QED) is 0.757. The van der Waals surface area contributed by atoms with E-state index in [-0.39, 0.29) is 17.0 Å². The second-order valence-electron chi connectivity index (χ2n) is 5.61. The Morgan fingerprint density at radius 3 is 2.61 bits per heavy atom. The van der Waals surface area contributed by atoms with Crippen LogP contribution in [0.2, 0.25) is 0 Å². The molecule has 2 rings (SSSR count). The van der Waals surface area contributed by atoms with Crippen molar-refractivity contribution in [3.63, 3.8) is 0 Å². The van der Waals surface area contributed by atoms with E-state index in [9.17, 15) is 9.90 Å². The number of hydrazone groups is 1. The van der Waals surface area contributed by atoms with Crippen LogP contribution in [0.3, 0.4) is 0 Å². The second kappa shape index (κ2) is 5.10. The Morgan fingerprint density at radius 2 is 2.00 bits per heavy atom. The number of hydrogen-bond acceptors (Lipinski definition) is 5. The summed E-state index contributed by atoms with van der Waals surface area (Å²) >= 11 is 0. The van der Waals surface area contributed by atoms with Crippen LogP contribution in [-0.2, 0) is 9.53 Å². The Labute approximate surface area is 107 Å². The maximum atomic E-state index is 11.9. The highest BCUT2D eigenvalue weighted by molar-refractivity contribution is 6.14. The summed E-state index contributed by atoms with van der Waals surface area (Å²) < 4.78 is 5.22. The Hall–Kier alpha value is -1.36. The van der Waals surface area contributed by atoms with E-state index in [1.807, 2.05) is 18.9 Å². The molecular formula is C13H20N2O3. The minimum absolute atomic E-state index is 0.0271. The Bertz CT molecular complexity index is 393. The molecule has 0 spiro atoms. The van der Waals surface area contributed by atoms with E-state index in [0.717, 1.165) is 13.1 Å². The van der Waals surface area contributed by atoms with E-state index in [4.69, 9.17) is 4.74 Å². The van der Waals surface area contributed by atoms with Crippen LogP contribution in [0.25, 0.3) is 0 Å². The molecule has 0 aromatic carbocycles. The van der Waals surface area contributed by atoms with Gasteiger partial charge in [0.2, 0.25) is 0 Å². The minimum atomic E-state index is -0.155. The first-order valence-electron chi connectivity index (χ1n) is 6.30. The molecular weight excluding hydrogens is 232 g/mol. The molecule has 1 N–H and O–H groups in total. The smallest absolute Gasteiger partial charge is 0.168 e. The van der Waals surface area contributed by atoms with Crippen LogP contribution in [0.5, 0.6) is 0 Å². The monoisotopic (exact) mass is 252 g/mol. The predicted octanol–water partition coefficient (Wildman–Crippen LogP) is 1.51. The number of aliphatic hydroxyl groups is 1. The van der Waals surface area contributed by atoms with E-state index in [1.165, 1.54) is 6.21 Å². The van der Waals surface area contributed by atoms with E-state index in [2.05, 4.69) is 5.10 Å². The fourth-order valence-electron chi connectivity index (χ4n) is 2.26. The van der Waals surface area contributed by atoms with Gasteiger partial charge in [0.15, 0.2) is 5.78 Å². The third kappa shape index (κ3) is 3.10. The van der Waals surface area contributed by atoms with Gasteiger partial charge in [-0.25, -0.2) is 0 Å². The molecule has 1 heterocycles. The zero-order valence-corrected chi connectivity index (χ0v) is 11.0. The fourth-order valence-corrected chi connectivity index (χ4v) is 2.26. The largest absolute Gasteiger partial charge is 0.511 e. The first-order valence-corrected chi connectivity index (χ1v) is 6.30. The number of aliphatic hydroxyl groups excluding tert-OH is 1. The van der Waals surface area contributed by atoms with Crippen LogP contribution in [0.1, 0.15) is 26.7 Å². The van der Waals surface area contributed by atoms with Crippen molar-refractivity contribution in [1.82, 2.24) is 5.01 Å². The van der Waals surface area contributed by atoms with Gasteiger partial charge in [-0.05, 0) is 5.41 Å². The number of ketones is 1. The number of hydrogen-bond donors (Lipinski definition) is 1. The lowest BCUT2D eigenvalue weighted by molar-refractivity contribution is -0.117. The number of carbonyl (C=O) groups is 1. The number of carbonyl (C=O) groups excluding carboxylic acids is 1. The van der Waals surface area contributed by atoms with E-state index in [0.29, 0.717) is 31.6 Å². The standard InChI is InChI=1S/C13H20N2O3/c1-13(2)7-11(16)10(12(17)8-13)9-14-15-3-5-18-6-4-15/h9,16H,3-8H2,1-2H3/b14-9+. The van der Waals surface area contributed by atoms with Crippen molar-refractivity contribution in [2.24, 2.45) is 10.5 Å². The van der Waals surface area contributed by atoms with Gasteiger partial charge in [0.05, 0.1) is 38.1 Å². The maximum Gasteiger partial charge on any atom is 0.168 e. The summed E-state index contributed by atoms with van der Waals surface area (Å²) in [6, 6.07) is 0. The third-order valence-electron chi connectivity index (χ3n) is 3.23. The molecule has 0 bridgehead atoms. The predicted molar refractivity (Wildman–Crippen MR) is 68.6 cm³/mol. The van der Waals surface area contributed by atoms with Crippen molar-refractivity contribution in [2.45, 2.75) is 26.7 Å². The number of ether oxygens (including phenoxy) is 1. The average Bonchev–Trinajstić information content (AvgIpc) is 2.27. The summed E-state index contributed by atoms with van der Waals surface area (Å²) in [5.41, 5.74) is 0.207. The summed E-state index contributed by atoms with van der Waals surface area (Å²) in [4.78, 5) is 11.9. The molecule has 100 valence electrons. The maximum absolute atomic E-state index is 11.9. The van der Waals surface area contributed by atoms with Crippen LogP contribution < -0.4 is 0 Å². The van der Waals surface area contributed by atoms with Crippen molar-refractivity contribution in [3.8, 4) is 0 Å². The van der Waals surface area contributed by atoms with Crippen molar-refractivity contribution in [3.05, 3.63) is 11.3 Å². The van der Waals surface area contributed by atoms with Crippen molar-refractivity contribution in [2.75, 3.05) is 26.3 Å². The minimum Gasteiger partial charge on any atom is -0.511 e. The number of rotatable bonds is 2. The number of Topliss-reactive ketones (excluding diaryl/α,β-unsaturated/α-hetero) is 1. The van der Waals surface area contributed by atoms with Gasteiger partial charge in [-0.2, -0.15) is 5.10 Å². The fraction of sp³-hybridized carbons (Fsp3) is 0.692. The molecule has 0 atom stereocenters. The van der Waals surface area contributed by atoms with Gasteiger partial charge in [0.1, 0.15) is 5.76 Å². The molecule has 0 unspecified atom stereocenters. The first-order chi connectivity index (χ1) is 8.48. The zero-order chi connectivity index (χ0) is 13.2. The van der Waals surface area contributed by atoms with Gasteiger partial charge >= 0.3 is 0 Å². The average molecular weight is 252 g/mol. The van der Waals surface area contributed by atoms with Gasteiger partial charge in [0, 0.05) is 12.8 Å². The first kappa shape index (κ1) is 13.1. The van der Waals surface area contributed by atoms with Gasteiger partial charge in [-0.3, -0.25) is 9.80 Å². The molecule has 5 heteroatoms. The summed E-state index contributed by atoms with van der Waals surface area (Å²) in [6.45, 7) is 6.73. The summed E-state index contributed by atoms with van der Waals surface area (Å²) in [5.74, 6) is 0.133. The molecule has 0 saturated carbocycles. The molecule has 1 saturated heterocycles. The molecule has 2 aliphatic rings. The molecule has 0 aromatic heterocycles. The molecule has 5 nitrogen and oxygen atoms in total. The van der Waals surface area contributed by atoms with Crippen LogP contribution in [0.4, 0.5) is 0 Å².